The number of primary amides is 1. The van der Waals surface area contributed by atoms with Crippen molar-refractivity contribution < 1.29 is 4.79 Å². The lowest BCUT2D eigenvalue weighted by Gasteiger charge is -2.18. The van der Waals surface area contributed by atoms with Gasteiger partial charge in [-0.05, 0) is 27.7 Å². The molecule has 0 radical (unpaired) electrons. The molecule has 0 aromatic rings. The maximum Gasteiger partial charge on any atom is 0.224 e. The molecule has 0 unspecified atom stereocenters. The summed E-state index contributed by atoms with van der Waals surface area (Å²) in [5.41, 5.74) is 4.65. The fraction of sp³-hybridized carbons (Fsp3) is 0.800. The summed E-state index contributed by atoms with van der Waals surface area (Å²) in [5.74, 6) is 0.382. The van der Waals surface area contributed by atoms with Crippen molar-refractivity contribution in [2.75, 3.05) is 19.6 Å². The fourth-order valence-electron chi connectivity index (χ4n) is 0.864. The second kappa shape index (κ2) is 6.27. The molecule has 0 rings (SSSR count). The number of carbonyl (C=O) groups is 1. The molecule has 88 valence electrons. The van der Waals surface area contributed by atoms with Crippen LogP contribution in [0.5, 0.6) is 0 Å². The molecule has 0 aliphatic carbocycles. The highest BCUT2D eigenvalue weighted by atomic mass is 16.1. The molecular weight excluding hydrogens is 192 g/mol. The minimum Gasteiger partial charge on any atom is -0.369 e. The number of nitrogens with one attached hydrogen (secondary N) is 2. The molecule has 0 spiro atoms. The molecule has 0 fully saturated rings. The Hall–Kier alpha value is -1.26. The van der Waals surface area contributed by atoms with E-state index in [1.54, 1.807) is 13.8 Å². The zero-order chi connectivity index (χ0) is 11.9. The monoisotopic (exact) mass is 214 g/mol. The smallest absolute Gasteiger partial charge is 0.224 e. The molecular formula is C10H22N4O. The Balaban J connectivity index is 4.37. The molecule has 0 atom stereocenters. The lowest BCUT2D eigenvalue weighted by atomic mass is 9.93. The summed E-state index contributed by atoms with van der Waals surface area (Å²) in [6, 6.07) is 0. The third-order valence-corrected chi connectivity index (χ3v) is 1.99. The quantitative estimate of drug-likeness (QED) is 0.447. The van der Waals surface area contributed by atoms with Gasteiger partial charge in [0, 0.05) is 13.1 Å². The predicted molar refractivity (Wildman–Crippen MR) is 62.6 cm³/mol. The van der Waals surface area contributed by atoms with E-state index in [-0.39, 0.29) is 5.91 Å². The number of rotatable bonds is 5. The van der Waals surface area contributed by atoms with Crippen molar-refractivity contribution in [1.82, 2.24) is 10.6 Å². The number of nitrogens with zero attached hydrogens (tertiary/aromatic N) is 1. The summed E-state index contributed by atoms with van der Waals surface area (Å²) in [6.07, 6.45) is 0. The first-order valence-electron chi connectivity index (χ1n) is 5.26. The SMILES string of the molecule is CCNC(=NCC(C)(C)C(N)=O)NCC. The van der Waals surface area contributed by atoms with Crippen LogP contribution in [0, 0.1) is 5.41 Å². The average Bonchev–Trinajstić information content (AvgIpc) is 2.15. The number of amides is 1. The second-order valence-corrected chi connectivity index (χ2v) is 3.97. The van der Waals surface area contributed by atoms with E-state index in [2.05, 4.69) is 15.6 Å². The van der Waals surface area contributed by atoms with Crippen LogP contribution >= 0.6 is 0 Å². The Kier molecular flexibility index (Phi) is 5.74. The van der Waals surface area contributed by atoms with Crippen molar-refractivity contribution in [3.63, 3.8) is 0 Å². The lowest BCUT2D eigenvalue weighted by molar-refractivity contribution is -0.125. The van der Waals surface area contributed by atoms with Gasteiger partial charge in [0.2, 0.25) is 5.91 Å². The van der Waals surface area contributed by atoms with Crippen molar-refractivity contribution in [3.8, 4) is 0 Å². The van der Waals surface area contributed by atoms with Crippen LogP contribution in [0.25, 0.3) is 0 Å². The zero-order valence-corrected chi connectivity index (χ0v) is 10.1. The van der Waals surface area contributed by atoms with E-state index in [1.807, 2.05) is 13.8 Å². The molecule has 0 aromatic heterocycles. The normalized spacial score (nSPS) is 10.7. The number of guanidine groups is 1. The van der Waals surface area contributed by atoms with E-state index in [9.17, 15) is 4.79 Å². The van der Waals surface area contributed by atoms with E-state index in [0.717, 1.165) is 13.1 Å². The third-order valence-electron chi connectivity index (χ3n) is 1.99. The highest BCUT2D eigenvalue weighted by Gasteiger charge is 2.24. The minimum atomic E-state index is -0.601. The van der Waals surface area contributed by atoms with Gasteiger partial charge < -0.3 is 16.4 Å². The predicted octanol–water partition coefficient (Wildman–Crippen LogP) is 0.0729. The Morgan fingerprint density at radius 1 is 1.27 bits per heavy atom. The topological polar surface area (TPSA) is 79.5 Å². The van der Waals surface area contributed by atoms with Gasteiger partial charge >= 0.3 is 0 Å². The molecule has 0 aromatic carbocycles. The molecule has 5 nitrogen and oxygen atoms in total. The van der Waals surface area contributed by atoms with Gasteiger partial charge in [-0.25, -0.2) is 0 Å². The summed E-state index contributed by atoms with van der Waals surface area (Å²) in [5, 5.41) is 6.16. The average molecular weight is 214 g/mol. The van der Waals surface area contributed by atoms with Crippen LogP contribution in [0.15, 0.2) is 4.99 Å². The highest BCUT2D eigenvalue weighted by molar-refractivity contribution is 5.82. The van der Waals surface area contributed by atoms with E-state index in [1.165, 1.54) is 0 Å². The van der Waals surface area contributed by atoms with Crippen molar-refractivity contribution >= 4 is 11.9 Å². The molecule has 5 heteroatoms. The highest BCUT2D eigenvalue weighted by Crippen LogP contribution is 2.13. The summed E-state index contributed by atoms with van der Waals surface area (Å²) in [4.78, 5) is 15.4. The van der Waals surface area contributed by atoms with Crippen LogP contribution in [-0.4, -0.2) is 31.5 Å². The Labute approximate surface area is 91.5 Å². The molecule has 4 N–H and O–H groups in total. The summed E-state index contributed by atoms with van der Waals surface area (Å²) >= 11 is 0. The number of nitrogens with two attached hydrogens (primary N) is 1. The Morgan fingerprint density at radius 3 is 2.07 bits per heavy atom. The zero-order valence-electron chi connectivity index (χ0n) is 10.1. The number of carbonyl (C=O) groups excluding carboxylic acids is 1. The fourth-order valence-corrected chi connectivity index (χ4v) is 0.864. The van der Waals surface area contributed by atoms with Crippen LogP contribution in [-0.2, 0) is 4.79 Å². The molecule has 15 heavy (non-hydrogen) atoms. The van der Waals surface area contributed by atoms with Crippen LogP contribution in [0.2, 0.25) is 0 Å². The summed E-state index contributed by atoms with van der Waals surface area (Å²) in [7, 11) is 0. The molecule has 0 saturated heterocycles. The van der Waals surface area contributed by atoms with E-state index >= 15 is 0 Å². The van der Waals surface area contributed by atoms with Crippen LogP contribution in [0.4, 0.5) is 0 Å². The van der Waals surface area contributed by atoms with Crippen molar-refractivity contribution in [3.05, 3.63) is 0 Å². The number of aliphatic imine (C=N–C) groups is 1. The largest absolute Gasteiger partial charge is 0.369 e. The molecule has 0 aliphatic rings. The standard InChI is InChI=1S/C10H22N4O/c1-5-12-9(13-6-2)14-7-10(3,4)8(11)15/h5-7H2,1-4H3,(H2,11,15)(H2,12,13,14). The van der Waals surface area contributed by atoms with E-state index < -0.39 is 5.41 Å². The molecule has 0 heterocycles. The Morgan fingerprint density at radius 2 is 1.73 bits per heavy atom. The molecule has 1 amide bonds. The molecule has 0 saturated carbocycles. The maximum absolute atomic E-state index is 11.1. The van der Waals surface area contributed by atoms with Crippen LogP contribution in [0.3, 0.4) is 0 Å². The van der Waals surface area contributed by atoms with Gasteiger partial charge in [0.15, 0.2) is 5.96 Å². The van der Waals surface area contributed by atoms with Crippen LogP contribution in [0.1, 0.15) is 27.7 Å². The van der Waals surface area contributed by atoms with Crippen molar-refractivity contribution in [2.24, 2.45) is 16.1 Å². The van der Waals surface area contributed by atoms with Gasteiger partial charge in [0.1, 0.15) is 0 Å². The Bertz CT molecular complexity index is 228. The summed E-state index contributed by atoms with van der Waals surface area (Å²) < 4.78 is 0. The van der Waals surface area contributed by atoms with E-state index in [4.69, 9.17) is 5.73 Å². The first-order chi connectivity index (χ1) is 6.94. The van der Waals surface area contributed by atoms with Gasteiger partial charge in [0.05, 0.1) is 12.0 Å². The first-order valence-corrected chi connectivity index (χ1v) is 5.26. The number of hydrogen-bond acceptors (Lipinski definition) is 2. The molecule has 0 aliphatic heterocycles. The van der Waals surface area contributed by atoms with E-state index in [0.29, 0.717) is 12.5 Å². The van der Waals surface area contributed by atoms with Gasteiger partial charge in [-0.15, -0.1) is 0 Å². The van der Waals surface area contributed by atoms with Crippen molar-refractivity contribution in [2.45, 2.75) is 27.7 Å². The molecule has 0 bridgehead atoms. The van der Waals surface area contributed by atoms with Crippen LogP contribution < -0.4 is 16.4 Å². The summed E-state index contributed by atoms with van der Waals surface area (Å²) in [6.45, 7) is 9.53. The second-order valence-electron chi connectivity index (χ2n) is 3.97. The van der Waals surface area contributed by atoms with Crippen molar-refractivity contribution in [1.29, 1.82) is 0 Å². The third kappa shape index (κ3) is 5.24. The van der Waals surface area contributed by atoms with Gasteiger partial charge in [0.25, 0.3) is 0 Å². The first kappa shape index (κ1) is 13.7. The van der Waals surface area contributed by atoms with Gasteiger partial charge in [-0.2, -0.15) is 0 Å². The maximum atomic E-state index is 11.1. The number of hydrogen-bond donors (Lipinski definition) is 3. The van der Waals surface area contributed by atoms with Gasteiger partial charge in [-0.1, -0.05) is 0 Å². The minimum absolute atomic E-state index is 0.335. The van der Waals surface area contributed by atoms with Gasteiger partial charge in [-0.3, -0.25) is 9.79 Å². The lowest BCUT2D eigenvalue weighted by Crippen LogP contribution is -2.40.